The Balaban J connectivity index is 2.35. The van der Waals surface area contributed by atoms with Crippen LogP contribution in [0.3, 0.4) is 0 Å². The highest BCUT2D eigenvalue weighted by Gasteiger charge is 2.23. The molecule has 2 rings (SSSR count). The Morgan fingerprint density at radius 3 is 2.29 bits per heavy atom. The van der Waals surface area contributed by atoms with Crippen LogP contribution in [0, 0.1) is 27.6 Å². The third kappa shape index (κ3) is 3.33. The van der Waals surface area contributed by atoms with Crippen molar-refractivity contribution in [3.8, 4) is 0 Å². The van der Waals surface area contributed by atoms with Crippen LogP contribution in [0.5, 0.6) is 0 Å². The molecule has 0 N–H and O–H groups in total. The minimum Gasteiger partial charge on any atom is -0.258 e. The van der Waals surface area contributed by atoms with Crippen molar-refractivity contribution in [3.05, 3.63) is 75.1 Å². The fourth-order valence-electron chi connectivity index (χ4n) is 2.01. The van der Waals surface area contributed by atoms with Crippen LogP contribution in [-0.4, -0.2) is 4.92 Å². The van der Waals surface area contributed by atoms with Gasteiger partial charge in [0.15, 0.2) is 0 Å². The first-order valence-electron chi connectivity index (χ1n) is 5.91. The van der Waals surface area contributed by atoms with Crippen LogP contribution < -0.4 is 0 Å². The lowest BCUT2D eigenvalue weighted by molar-refractivity contribution is -0.385. The molecule has 0 heterocycles. The van der Waals surface area contributed by atoms with Gasteiger partial charge in [-0.05, 0) is 6.42 Å². The van der Waals surface area contributed by atoms with Gasteiger partial charge >= 0.3 is 0 Å². The largest absolute Gasteiger partial charge is 0.272 e. The van der Waals surface area contributed by atoms with E-state index in [1.54, 1.807) is 6.07 Å². The topological polar surface area (TPSA) is 43.1 Å². The molecule has 0 bridgehead atoms. The zero-order valence-corrected chi connectivity index (χ0v) is 11.3. The molecular weight excluding hydrogens is 307 g/mol. The van der Waals surface area contributed by atoms with Gasteiger partial charge in [-0.1, -0.05) is 18.2 Å². The summed E-state index contributed by atoms with van der Waals surface area (Å²) in [5.74, 6) is -3.29. The molecule has 1 unspecified atom stereocenters. The van der Waals surface area contributed by atoms with Gasteiger partial charge in [0.05, 0.1) is 10.3 Å². The van der Waals surface area contributed by atoms with E-state index in [1.807, 2.05) is 0 Å². The van der Waals surface area contributed by atoms with Gasteiger partial charge in [-0.25, -0.2) is 13.2 Å². The molecule has 0 aliphatic heterocycles. The second-order valence-electron chi connectivity index (χ2n) is 4.34. The predicted octanol–water partition coefficient (Wildman–Crippen LogP) is 4.53. The minimum atomic E-state index is -1.19. The molecule has 0 aliphatic carbocycles. The Kier molecular flexibility index (Phi) is 4.47. The van der Waals surface area contributed by atoms with Crippen LogP contribution in [-0.2, 0) is 6.42 Å². The van der Waals surface area contributed by atoms with E-state index >= 15 is 0 Å². The van der Waals surface area contributed by atoms with Crippen LogP contribution in [0.15, 0.2) is 36.4 Å². The smallest absolute Gasteiger partial charge is 0.258 e. The summed E-state index contributed by atoms with van der Waals surface area (Å²) in [6.45, 7) is 0. The van der Waals surface area contributed by atoms with Crippen LogP contribution >= 0.6 is 11.6 Å². The Bertz CT molecular complexity index is 671. The van der Waals surface area contributed by atoms with Crippen molar-refractivity contribution in [1.29, 1.82) is 0 Å². The van der Waals surface area contributed by atoms with E-state index in [9.17, 15) is 23.3 Å². The molecule has 0 aromatic heterocycles. The van der Waals surface area contributed by atoms with Gasteiger partial charge in [-0.3, -0.25) is 10.1 Å². The summed E-state index contributed by atoms with van der Waals surface area (Å²) in [5.41, 5.74) is -0.451. The van der Waals surface area contributed by atoms with E-state index in [4.69, 9.17) is 11.6 Å². The summed E-state index contributed by atoms with van der Waals surface area (Å²) in [4.78, 5) is 10.3. The van der Waals surface area contributed by atoms with Gasteiger partial charge in [0.2, 0.25) is 0 Å². The molecule has 0 saturated heterocycles. The lowest BCUT2D eigenvalue weighted by Crippen LogP contribution is -2.05. The van der Waals surface area contributed by atoms with Gasteiger partial charge in [-0.15, -0.1) is 11.6 Å². The predicted molar refractivity (Wildman–Crippen MR) is 71.7 cm³/mol. The van der Waals surface area contributed by atoms with Crippen LogP contribution in [0.4, 0.5) is 18.9 Å². The number of nitro groups is 1. The van der Waals surface area contributed by atoms with Crippen molar-refractivity contribution in [1.82, 2.24) is 0 Å². The van der Waals surface area contributed by atoms with Crippen LogP contribution in [0.25, 0.3) is 0 Å². The van der Waals surface area contributed by atoms with Gasteiger partial charge in [0, 0.05) is 29.3 Å². The van der Waals surface area contributed by atoms with E-state index in [-0.39, 0.29) is 17.7 Å². The van der Waals surface area contributed by atoms with Crippen molar-refractivity contribution in [3.63, 3.8) is 0 Å². The molecule has 0 spiro atoms. The Labute approximate surface area is 123 Å². The zero-order chi connectivity index (χ0) is 15.6. The standard InChI is InChI=1S/C14H9ClF3NO2/c15-10(14-11(17)6-9(16)7-12(14)18)5-8-3-1-2-4-13(8)19(20)21/h1-4,6-7,10H,5H2. The fraction of sp³-hybridized carbons (Fsp3) is 0.143. The Hall–Kier alpha value is -2.08. The van der Waals surface area contributed by atoms with Gasteiger partial charge in [-0.2, -0.15) is 0 Å². The normalized spacial score (nSPS) is 12.2. The number of nitrogens with zero attached hydrogens (tertiary/aromatic N) is 1. The molecule has 2 aromatic carbocycles. The van der Waals surface area contributed by atoms with E-state index < -0.39 is 33.3 Å². The molecule has 0 fully saturated rings. The molecule has 21 heavy (non-hydrogen) atoms. The fourth-order valence-corrected chi connectivity index (χ4v) is 2.38. The average molecular weight is 316 g/mol. The second-order valence-corrected chi connectivity index (χ2v) is 4.87. The van der Waals surface area contributed by atoms with Gasteiger partial charge < -0.3 is 0 Å². The van der Waals surface area contributed by atoms with E-state index in [2.05, 4.69) is 0 Å². The summed E-state index contributed by atoms with van der Waals surface area (Å²) in [6, 6.07) is 6.80. The number of alkyl halides is 1. The maximum absolute atomic E-state index is 13.6. The third-order valence-electron chi connectivity index (χ3n) is 2.94. The van der Waals surface area contributed by atoms with E-state index in [0.717, 1.165) is 0 Å². The Morgan fingerprint density at radius 2 is 1.71 bits per heavy atom. The Morgan fingerprint density at radius 1 is 1.14 bits per heavy atom. The molecule has 1 atom stereocenters. The number of para-hydroxylation sites is 1. The van der Waals surface area contributed by atoms with Crippen molar-refractivity contribution < 1.29 is 18.1 Å². The lowest BCUT2D eigenvalue weighted by atomic mass is 10.0. The molecule has 0 radical (unpaired) electrons. The number of hydrogen-bond acceptors (Lipinski definition) is 2. The SMILES string of the molecule is O=[N+]([O-])c1ccccc1CC(Cl)c1c(F)cc(F)cc1F. The summed E-state index contributed by atoms with van der Waals surface area (Å²) >= 11 is 5.96. The molecule has 0 amide bonds. The average Bonchev–Trinajstić information content (AvgIpc) is 2.37. The minimum absolute atomic E-state index is 0.155. The highest BCUT2D eigenvalue weighted by atomic mass is 35.5. The first-order chi connectivity index (χ1) is 9.90. The van der Waals surface area contributed by atoms with Gasteiger partial charge in [0.1, 0.15) is 17.5 Å². The molecule has 7 heteroatoms. The summed E-state index contributed by atoms with van der Waals surface area (Å²) in [7, 11) is 0. The number of halogens is 4. The number of nitro benzene ring substituents is 1. The summed E-state index contributed by atoms with van der Waals surface area (Å²) in [6.07, 6.45) is -0.155. The molecule has 3 nitrogen and oxygen atoms in total. The summed E-state index contributed by atoms with van der Waals surface area (Å²) in [5, 5.41) is 9.69. The maximum Gasteiger partial charge on any atom is 0.272 e. The highest BCUT2D eigenvalue weighted by molar-refractivity contribution is 6.21. The molecule has 0 aliphatic rings. The number of benzene rings is 2. The molecule has 0 saturated carbocycles. The first-order valence-corrected chi connectivity index (χ1v) is 6.34. The monoisotopic (exact) mass is 315 g/mol. The summed E-state index contributed by atoms with van der Waals surface area (Å²) < 4.78 is 40.1. The highest BCUT2D eigenvalue weighted by Crippen LogP contribution is 2.32. The lowest BCUT2D eigenvalue weighted by Gasteiger charge is -2.12. The first kappa shape index (κ1) is 15.3. The number of hydrogen-bond donors (Lipinski definition) is 0. The van der Waals surface area contributed by atoms with E-state index in [1.165, 1.54) is 18.2 Å². The third-order valence-corrected chi connectivity index (χ3v) is 3.32. The van der Waals surface area contributed by atoms with E-state index in [0.29, 0.717) is 12.1 Å². The number of rotatable bonds is 4. The quantitative estimate of drug-likeness (QED) is 0.472. The van der Waals surface area contributed by atoms with Crippen molar-refractivity contribution >= 4 is 17.3 Å². The van der Waals surface area contributed by atoms with Gasteiger partial charge in [0.25, 0.3) is 5.69 Å². The maximum atomic E-state index is 13.6. The molecule has 110 valence electrons. The second kappa shape index (κ2) is 6.13. The van der Waals surface area contributed by atoms with Crippen molar-refractivity contribution in [2.24, 2.45) is 0 Å². The zero-order valence-electron chi connectivity index (χ0n) is 10.5. The molecule has 2 aromatic rings. The van der Waals surface area contributed by atoms with Crippen LogP contribution in [0.1, 0.15) is 16.5 Å². The van der Waals surface area contributed by atoms with Crippen LogP contribution in [0.2, 0.25) is 0 Å². The van der Waals surface area contributed by atoms with Crippen molar-refractivity contribution in [2.45, 2.75) is 11.8 Å². The van der Waals surface area contributed by atoms with Crippen molar-refractivity contribution in [2.75, 3.05) is 0 Å². The molecular formula is C14H9ClF3NO2.